The van der Waals surface area contributed by atoms with Crippen LogP contribution in [0, 0.1) is 17.2 Å². The van der Waals surface area contributed by atoms with Gasteiger partial charge in [-0.05, 0) is 51.5 Å². The molecule has 1 saturated carbocycles. The Balaban J connectivity index is 1.73. The highest BCUT2D eigenvalue weighted by atomic mass is 15.2. The lowest BCUT2D eigenvalue weighted by molar-refractivity contribution is 0.110. The van der Waals surface area contributed by atoms with Gasteiger partial charge in [-0.1, -0.05) is 6.92 Å². The van der Waals surface area contributed by atoms with Gasteiger partial charge in [0, 0.05) is 18.6 Å². The molecule has 0 bridgehead atoms. The zero-order valence-corrected chi connectivity index (χ0v) is 11.2. The van der Waals surface area contributed by atoms with Crippen LogP contribution in [0.4, 0.5) is 0 Å². The molecule has 96 valence electrons. The Morgan fingerprint density at radius 1 is 1.35 bits per heavy atom. The summed E-state index contributed by atoms with van der Waals surface area (Å²) in [5.41, 5.74) is 0. The van der Waals surface area contributed by atoms with Crippen LogP contribution in [-0.4, -0.2) is 36.1 Å². The van der Waals surface area contributed by atoms with Crippen molar-refractivity contribution < 1.29 is 0 Å². The zero-order chi connectivity index (χ0) is 12.3. The van der Waals surface area contributed by atoms with Gasteiger partial charge < -0.3 is 4.90 Å². The fourth-order valence-corrected chi connectivity index (χ4v) is 2.75. The smallest absolute Gasteiger partial charge is 0.0967 e. The molecule has 1 aliphatic heterocycles. The van der Waals surface area contributed by atoms with Crippen molar-refractivity contribution >= 4 is 0 Å². The van der Waals surface area contributed by atoms with Crippen LogP contribution in [0.3, 0.4) is 0 Å². The fraction of sp³-hybridized carbons (Fsp3) is 0.929. The second kappa shape index (κ2) is 5.84. The van der Waals surface area contributed by atoms with Gasteiger partial charge in [0.15, 0.2) is 0 Å². The third kappa shape index (κ3) is 3.69. The molecule has 2 rings (SSSR count). The van der Waals surface area contributed by atoms with Gasteiger partial charge in [-0.3, -0.25) is 5.32 Å². The maximum absolute atomic E-state index is 9.12. The highest BCUT2D eigenvalue weighted by molar-refractivity contribution is 4.96. The van der Waals surface area contributed by atoms with Crippen molar-refractivity contribution in [3.8, 4) is 6.07 Å². The van der Waals surface area contributed by atoms with Crippen LogP contribution in [0.25, 0.3) is 0 Å². The quantitative estimate of drug-likeness (QED) is 0.793. The standard InChI is InChI=1S/C14H25N3/c1-11-4-3-8-17(12(11)2)9-7-14(10-15)16-13-5-6-13/h11-14,16H,3-9H2,1-2H3. The molecule has 3 heteroatoms. The van der Waals surface area contributed by atoms with Crippen LogP contribution in [0.15, 0.2) is 0 Å². The van der Waals surface area contributed by atoms with Crippen LogP contribution in [0.2, 0.25) is 0 Å². The first-order valence-corrected chi connectivity index (χ1v) is 7.10. The number of hydrogen-bond donors (Lipinski definition) is 1. The lowest BCUT2D eigenvalue weighted by Crippen LogP contribution is -2.44. The molecule has 1 aliphatic carbocycles. The Morgan fingerprint density at radius 3 is 2.76 bits per heavy atom. The molecule has 0 aromatic carbocycles. The van der Waals surface area contributed by atoms with E-state index in [0.717, 1.165) is 18.9 Å². The van der Waals surface area contributed by atoms with E-state index in [0.29, 0.717) is 12.1 Å². The Hall–Kier alpha value is -0.590. The number of likely N-dealkylation sites (tertiary alicyclic amines) is 1. The molecule has 0 aromatic heterocycles. The zero-order valence-electron chi connectivity index (χ0n) is 11.2. The Bertz CT molecular complexity index is 280. The topological polar surface area (TPSA) is 39.1 Å². The summed E-state index contributed by atoms with van der Waals surface area (Å²) in [7, 11) is 0. The summed E-state index contributed by atoms with van der Waals surface area (Å²) < 4.78 is 0. The summed E-state index contributed by atoms with van der Waals surface area (Å²) in [6.07, 6.45) is 6.17. The molecule has 1 N–H and O–H groups in total. The van der Waals surface area contributed by atoms with Crippen LogP contribution >= 0.6 is 0 Å². The molecule has 1 heterocycles. The molecule has 2 aliphatic rings. The first-order chi connectivity index (χ1) is 8.20. The van der Waals surface area contributed by atoms with Gasteiger partial charge >= 0.3 is 0 Å². The van der Waals surface area contributed by atoms with Crippen molar-refractivity contribution in [3.05, 3.63) is 0 Å². The van der Waals surface area contributed by atoms with E-state index in [4.69, 9.17) is 5.26 Å². The second-order valence-electron chi connectivity index (χ2n) is 5.81. The summed E-state index contributed by atoms with van der Waals surface area (Å²) in [5, 5.41) is 12.5. The van der Waals surface area contributed by atoms with Crippen LogP contribution in [0.5, 0.6) is 0 Å². The van der Waals surface area contributed by atoms with E-state index in [1.807, 2.05) is 0 Å². The normalized spacial score (nSPS) is 32.1. The van der Waals surface area contributed by atoms with Crippen LogP contribution in [0.1, 0.15) is 46.0 Å². The highest BCUT2D eigenvalue weighted by Gasteiger charge is 2.27. The molecule has 0 aromatic rings. The van der Waals surface area contributed by atoms with Gasteiger partial charge in [0.2, 0.25) is 0 Å². The Kier molecular flexibility index (Phi) is 4.42. The van der Waals surface area contributed by atoms with E-state index < -0.39 is 0 Å². The first-order valence-electron chi connectivity index (χ1n) is 7.10. The third-order valence-corrected chi connectivity index (χ3v) is 4.38. The average molecular weight is 235 g/mol. The molecule has 0 amide bonds. The molecule has 3 nitrogen and oxygen atoms in total. The van der Waals surface area contributed by atoms with Crippen molar-refractivity contribution in [1.82, 2.24) is 10.2 Å². The monoisotopic (exact) mass is 235 g/mol. The van der Waals surface area contributed by atoms with Gasteiger partial charge in [0.25, 0.3) is 0 Å². The average Bonchev–Trinajstić information content (AvgIpc) is 3.13. The SMILES string of the molecule is CC1CCCN(CCC(C#N)NC2CC2)C1C. The minimum Gasteiger partial charge on any atom is -0.300 e. The van der Waals surface area contributed by atoms with Gasteiger partial charge in [0.1, 0.15) is 0 Å². The van der Waals surface area contributed by atoms with Crippen molar-refractivity contribution in [2.45, 2.75) is 64.1 Å². The fourth-order valence-electron chi connectivity index (χ4n) is 2.75. The number of nitrogens with zero attached hydrogens (tertiary/aromatic N) is 2. The predicted molar refractivity (Wildman–Crippen MR) is 69.6 cm³/mol. The van der Waals surface area contributed by atoms with E-state index >= 15 is 0 Å². The molecule has 1 saturated heterocycles. The molecule has 2 fully saturated rings. The van der Waals surface area contributed by atoms with Crippen LogP contribution in [-0.2, 0) is 0 Å². The van der Waals surface area contributed by atoms with E-state index in [2.05, 4.69) is 30.1 Å². The lowest BCUT2D eigenvalue weighted by Gasteiger charge is -2.38. The van der Waals surface area contributed by atoms with Gasteiger partial charge in [-0.2, -0.15) is 5.26 Å². The number of hydrogen-bond acceptors (Lipinski definition) is 3. The molecule has 0 radical (unpaired) electrons. The summed E-state index contributed by atoms with van der Waals surface area (Å²) in [6, 6.07) is 3.78. The van der Waals surface area contributed by atoms with E-state index in [-0.39, 0.29) is 6.04 Å². The summed E-state index contributed by atoms with van der Waals surface area (Å²) in [5.74, 6) is 0.806. The number of piperidine rings is 1. The minimum absolute atomic E-state index is 0.0620. The van der Waals surface area contributed by atoms with Crippen molar-refractivity contribution in [3.63, 3.8) is 0 Å². The highest BCUT2D eigenvalue weighted by Crippen LogP contribution is 2.23. The number of nitriles is 1. The van der Waals surface area contributed by atoms with E-state index in [1.165, 1.54) is 32.2 Å². The van der Waals surface area contributed by atoms with Crippen molar-refractivity contribution in [2.24, 2.45) is 5.92 Å². The summed E-state index contributed by atoms with van der Waals surface area (Å²) >= 11 is 0. The Morgan fingerprint density at radius 2 is 2.12 bits per heavy atom. The molecule has 3 atom stereocenters. The molecule has 0 spiro atoms. The number of rotatable bonds is 5. The maximum atomic E-state index is 9.12. The largest absolute Gasteiger partial charge is 0.300 e. The van der Waals surface area contributed by atoms with E-state index in [9.17, 15) is 0 Å². The van der Waals surface area contributed by atoms with Gasteiger partial charge in [0.05, 0.1) is 12.1 Å². The first kappa shape index (κ1) is 12.9. The maximum Gasteiger partial charge on any atom is 0.0967 e. The third-order valence-electron chi connectivity index (χ3n) is 4.38. The summed E-state index contributed by atoms with van der Waals surface area (Å²) in [6.45, 7) is 6.97. The van der Waals surface area contributed by atoms with E-state index in [1.54, 1.807) is 0 Å². The molecule has 3 unspecified atom stereocenters. The second-order valence-corrected chi connectivity index (χ2v) is 5.81. The van der Waals surface area contributed by atoms with Gasteiger partial charge in [-0.15, -0.1) is 0 Å². The molecular formula is C14H25N3. The predicted octanol–water partition coefficient (Wildman–Crippen LogP) is 2.14. The molecular weight excluding hydrogens is 210 g/mol. The van der Waals surface area contributed by atoms with Crippen molar-refractivity contribution in [1.29, 1.82) is 5.26 Å². The van der Waals surface area contributed by atoms with Gasteiger partial charge in [-0.25, -0.2) is 0 Å². The minimum atomic E-state index is 0.0620. The van der Waals surface area contributed by atoms with Crippen molar-refractivity contribution in [2.75, 3.05) is 13.1 Å². The molecule has 17 heavy (non-hydrogen) atoms. The van der Waals surface area contributed by atoms with Crippen LogP contribution < -0.4 is 5.32 Å². The number of nitrogens with one attached hydrogen (secondary N) is 1. The summed E-state index contributed by atoms with van der Waals surface area (Å²) in [4.78, 5) is 2.56. The lowest BCUT2D eigenvalue weighted by atomic mass is 9.92. The Labute approximate surface area is 105 Å².